The van der Waals surface area contributed by atoms with Crippen LogP contribution in [-0.2, 0) is 73.5 Å². The molecular formula is C61H104N18O17S. The third-order valence-corrected chi connectivity index (χ3v) is 14.8. The Hall–Kier alpha value is -8.74. The van der Waals surface area contributed by atoms with Gasteiger partial charge < -0.3 is 108 Å². The number of amides is 12. The molecule has 546 valence electrons. The zero-order chi connectivity index (χ0) is 73.3. The Kier molecular flexibility index (Phi) is 42.0. The zero-order valence-corrected chi connectivity index (χ0v) is 57.0. The third kappa shape index (κ3) is 36.3. The van der Waals surface area contributed by atoms with E-state index in [2.05, 4.69) is 81.4 Å². The number of thiol groups is 1. The summed E-state index contributed by atoms with van der Waals surface area (Å²) < 4.78 is 0. The van der Waals surface area contributed by atoms with Gasteiger partial charge in [0.15, 0.2) is 5.96 Å². The Balaban J connectivity index is 3.32. The van der Waals surface area contributed by atoms with Gasteiger partial charge >= 0.3 is 11.9 Å². The molecular weight excluding hydrogens is 1290 g/mol. The Morgan fingerprint density at radius 1 is 0.443 bits per heavy atom. The zero-order valence-electron chi connectivity index (χ0n) is 56.1. The van der Waals surface area contributed by atoms with Crippen molar-refractivity contribution in [3.63, 3.8) is 0 Å². The molecule has 0 heterocycles. The first-order valence-electron chi connectivity index (χ1n) is 32.2. The number of aliphatic hydroxyl groups is 1. The Labute approximate surface area is 569 Å². The lowest BCUT2D eigenvalue weighted by molar-refractivity contribution is -0.144. The molecule has 0 fully saturated rings. The molecule has 36 heteroatoms. The van der Waals surface area contributed by atoms with Crippen LogP contribution in [0.3, 0.4) is 0 Å². The van der Waals surface area contributed by atoms with Crippen molar-refractivity contribution in [3.05, 3.63) is 35.9 Å². The summed E-state index contributed by atoms with van der Waals surface area (Å²) in [5, 5.41) is 59.1. The highest BCUT2D eigenvalue weighted by molar-refractivity contribution is 7.80. The number of carboxylic acids is 2. The van der Waals surface area contributed by atoms with Crippen LogP contribution in [0.25, 0.3) is 0 Å². The summed E-state index contributed by atoms with van der Waals surface area (Å²) >= 11 is 4.23. The van der Waals surface area contributed by atoms with Gasteiger partial charge in [-0.1, -0.05) is 71.9 Å². The number of nitrogens with two attached hydrogens (primary N) is 5. The largest absolute Gasteiger partial charge is 0.481 e. The maximum absolute atomic E-state index is 14.2. The molecule has 0 aliphatic heterocycles. The molecule has 25 N–H and O–H groups in total. The van der Waals surface area contributed by atoms with Gasteiger partial charge in [0.05, 0.1) is 32.7 Å². The first-order valence-corrected chi connectivity index (χ1v) is 32.8. The second-order valence-electron chi connectivity index (χ2n) is 24.3. The molecule has 0 radical (unpaired) electrons. The minimum atomic E-state index is -1.81. The van der Waals surface area contributed by atoms with Crippen LogP contribution in [0.15, 0.2) is 35.3 Å². The summed E-state index contributed by atoms with van der Waals surface area (Å²) in [4.78, 5) is 190. The number of hydrogen-bond donors (Lipinski definition) is 21. The van der Waals surface area contributed by atoms with Crippen LogP contribution in [0.2, 0.25) is 0 Å². The van der Waals surface area contributed by atoms with Crippen molar-refractivity contribution in [2.24, 2.45) is 51.4 Å². The Bertz CT molecular complexity index is 2780. The number of benzene rings is 1. The van der Waals surface area contributed by atoms with Crippen molar-refractivity contribution in [3.8, 4) is 0 Å². The fourth-order valence-electron chi connectivity index (χ4n) is 9.46. The molecule has 1 aromatic carbocycles. The van der Waals surface area contributed by atoms with E-state index in [1.807, 2.05) is 0 Å². The van der Waals surface area contributed by atoms with E-state index in [4.69, 9.17) is 28.7 Å². The summed E-state index contributed by atoms with van der Waals surface area (Å²) in [6.07, 6.45) is 0.396. The SMILES string of the molecule is CC(C)C[C@H](NC(=O)CN)C(=O)N[C@@H](CO)C(=O)N[C@@H](CCCCN)C(=O)NCC(=O)N[C@@H](CS)C(=O)N[C@@H](Cc1ccccc1)C(=O)NCC(=O)N[C@@H](CC(C)C)C(=O)N[C@@H](CCCCN)C(=O)N[C@@H](CC(C)C)C(=O)N[C@@H](CC(=O)O)C(=O)N[C@@H](CCCN=C(N)N)C(=O)O. The smallest absolute Gasteiger partial charge is 0.326 e. The molecule has 0 spiro atoms. The molecule has 35 nitrogen and oxygen atoms in total. The molecule has 12 amide bonds. The molecule has 0 saturated carbocycles. The number of aliphatic hydroxyl groups excluding tert-OH is 1. The molecule has 0 unspecified atom stereocenters. The topological polar surface area (TPSA) is 586 Å². The number of nitrogens with one attached hydrogen (secondary N) is 12. The number of rotatable bonds is 49. The summed E-state index contributed by atoms with van der Waals surface area (Å²) in [7, 11) is 0. The molecule has 10 atom stereocenters. The van der Waals surface area contributed by atoms with Gasteiger partial charge in [-0.15, -0.1) is 0 Å². The van der Waals surface area contributed by atoms with E-state index in [0.717, 1.165) is 0 Å². The predicted octanol–water partition coefficient (Wildman–Crippen LogP) is -5.80. The molecule has 1 aromatic rings. The molecule has 0 bridgehead atoms. The highest BCUT2D eigenvalue weighted by atomic mass is 32.1. The molecule has 0 aromatic heterocycles. The van der Waals surface area contributed by atoms with Crippen molar-refractivity contribution >= 4 is 101 Å². The Morgan fingerprint density at radius 3 is 1.26 bits per heavy atom. The van der Waals surface area contributed by atoms with Crippen molar-refractivity contribution in [1.29, 1.82) is 0 Å². The summed E-state index contributed by atoms with van der Waals surface area (Å²) in [6.45, 7) is 8.22. The number of aliphatic imine (C=N–C) groups is 1. The van der Waals surface area contributed by atoms with E-state index < -0.39 is 176 Å². The summed E-state index contributed by atoms with van der Waals surface area (Å²) in [6, 6.07) is -5.84. The average molecular weight is 1390 g/mol. The van der Waals surface area contributed by atoms with Gasteiger partial charge in [0, 0.05) is 18.7 Å². The standard InChI is InChI=1S/C61H104N18O17S/c1-33(2)23-40(70-47(81)28-64)55(90)79-45(31-80)58(93)73-37(17-10-12-20-62)51(86)68-30-49(83)72-46(32-97)59(94)77-43(26-36-15-8-7-9-16-36)52(87)69-29-48(82)71-41(24-34(3)4)54(89)74-38(18-11-13-21-63)53(88)76-42(25-35(5)6)56(91)78-44(27-50(84)85)57(92)75-39(60(95)96)19-14-22-67-61(65)66/h7-9,15-16,33-35,37-46,80,97H,10-14,17-32,62-64H2,1-6H3,(H,68,86)(H,69,87)(H,70,81)(H,71,82)(H,72,83)(H,73,93)(H,74,89)(H,75,92)(H,76,88)(H,77,94)(H,78,91)(H,79,90)(H,84,85)(H,95,96)(H4,65,66,67)/t37-,38-,39-,40-,41-,42-,43-,44-,45-,46-/m0/s1. The van der Waals surface area contributed by atoms with Gasteiger partial charge in [0.2, 0.25) is 70.9 Å². The van der Waals surface area contributed by atoms with Crippen molar-refractivity contribution in [2.45, 2.75) is 185 Å². The van der Waals surface area contributed by atoms with E-state index in [1.54, 1.807) is 71.9 Å². The average Bonchev–Trinajstić information content (AvgIpc) is 0.909. The van der Waals surface area contributed by atoms with Crippen LogP contribution >= 0.6 is 12.6 Å². The molecule has 0 aliphatic rings. The number of carbonyl (C=O) groups excluding carboxylic acids is 12. The quantitative estimate of drug-likeness (QED) is 0.0125. The van der Waals surface area contributed by atoms with Gasteiger partial charge in [0.25, 0.3) is 0 Å². The summed E-state index contributed by atoms with van der Waals surface area (Å²) in [5.41, 5.74) is 28.0. The van der Waals surface area contributed by atoms with Crippen LogP contribution in [0.1, 0.15) is 124 Å². The number of unbranched alkanes of at least 4 members (excludes halogenated alkanes) is 2. The van der Waals surface area contributed by atoms with E-state index in [0.29, 0.717) is 31.2 Å². The normalized spacial score (nSPS) is 14.2. The molecule has 97 heavy (non-hydrogen) atoms. The molecule has 1 rings (SSSR count). The van der Waals surface area contributed by atoms with E-state index in [-0.39, 0.29) is 100 Å². The minimum absolute atomic E-state index is 0.0111. The number of hydrogen-bond acceptors (Lipinski definition) is 20. The highest BCUT2D eigenvalue weighted by Gasteiger charge is 2.36. The van der Waals surface area contributed by atoms with E-state index in [1.165, 1.54) is 0 Å². The first-order chi connectivity index (χ1) is 45.8. The van der Waals surface area contributed by atoms with Crippen LogP contribution in [-0.4, -0.2) is 216 Å². The second kappa shape index (κ2) is 47.2. The number of carboxylic acid groups (broad SMARTS) is 2. The monoisotopic (exact) mass is 1390 g/mol. The van der Waals surface area contributed by atoms with Gasteiger partial charge in [-0.2, -0.15) is 12.6 Å². The van der Waals surface area contributed by atoms with Crippen molar-refractivity contribution in [1.82, 2.24) is 63.8 Å². The lowest BCUT2D eigenvalue weighted by atomic mass is 10.00. The van der Waals surface area contributed by atoms with Gasteiger partial charge in [-0.3, -0.25) is 67.3 Å². The van der Waals surface area contributed by atoms with Gasteiger partial charge in [-0.05, 0) is 107 Å². The fraction of sp³-hybridized carbons (Fsp3) is 0.656. The predicted molar refractivity (Wildman–Crippen MR) is 359 cm³/mol. The lowest BCUT2D eigenvalue weighted by Crippen LogP contribution is -2.59. The van der Waals surface area contributed by atoms with E-state index >= 15 is 0 Å². The number of nitrogens with zero attached hydrogens (tertiary/aromatic N) is 1. The third-order valence-electron chi connectivity index (χ3n) is 14.4. The number of guanidine groups is 1. The molecule has 0 saturated heterocycles. The van der Waals surface area contributed by atoms with Gasteiger partial charge in [-0.25, -0.2) is 4.79 Å². The Morgan fingerprint density at radius 2 is 0.814 bits per heavy atom. The number of aliphatic carboxylic acids is 2. The number of carbonyl (C=O) groups is 14. The lowest BCUT2D eigenvalue weighted by Gasteiger charge is -2.28. The summed E-state index contributed by atoms with van der Waals surface area (Å²) in [5.74, 6) is -14.8. The van der Waals surface area contributed by atoms with Crippen LogP contribution in [0, 0.1) is 17.8 Å². The molecule has 0 aliphatic carbocycles. The second-order valence-corrected chi connectivity index (χ2v) is 24.7. The van der Waals surface area contributed by atoms with Crippen LogP contribution in [0.5, 0.6) is 0 Å². The van der Waals surface area contributed by atoms with Crippen molar-refractivity contribution in [2.75, 3.05) is 51.6 Å². The minimum Gasteiger partial charge on any atom is -0.481 e. The fourth-order valence-corrected chi connectivity index (χ4v) is 9.71. The maximum atomic E-state index is 14.2. The van der Waals surface area contributed by atoms with Crippen molar-refractivity contribution < 1.29 is 82.4 Å². The highest BCUT2D eigenvalue weighted by Crippen LogP contribution is 2.13. The van der Waals surface area contributed by atoms with Crippen LogP contribution in [0.4, 0.5) is 0 Å². The van der Waals surface area contributed by atoms with Gasteiger partial charge in [0.1, 0.15) is 60.4 Å². The van der Waals surface area contributed by atoms with E-state index in [9.17, 15) is 82.4 Å². The maximum Gasteiger partial charge on any atom is 0.326 e. The first kappa shape index (κ1) is 86.3. The van der Waals surface area contributed by atoms with Crippen LogP contribution < -0.4 is 92.5 Å².